The Labute approximate surface area is 167 Å². The van der Waals surface area contributed by atoms with Crippen LogP contribution in [0.15, 0.2) is 65.1 Å². The van der Waals surface area contributed by atoms with E-state index in [1.807, 2.05) is 29.2 Å². The molecule has 1 aliphatic heterocycles. The van der Waals surface area contributed by atoms with Crippen molar-refractivity contribution in [2.45, 2.75) is 18.8 Å². The molecule has 0 radical (unpaired) electrons. The second-order valence-electron chi connectivity index (χ2n) is 7.40. The van der Waals surface area contributed by atoms with Gasteiger partial charge in [0.2, 0.25) is 0 Å². The number of benzene rings is 2. The highest BCUT2D eigenvalue weighted by molar-refractivity contribution is 5.92. The van der Waals surface area contributed by atoms with Crippen molar-refractivity contribution in [2.24, 2.45) is 0 Å². The van der Waals surface area contributed by atoms with E-state index in [9.17, 15) is 9.18 Å². The molecule has 2 aromatic heterocycles. The molecule has 0 aliphatic carbocycles. The first-order chi connectivity index (χ1) is 14.2. The van der Waals surface area contributed by atoms with Crippen molar-refractivity contribution >= 4 is 16.9 Å². The van der Waals surface area contributed by atoms with Crippen LogP contribution in [0.3, 0.4) is 0 Å². The second-order valence-corrected chi connectivity index (χ2v) is 7.40. The maximum atomic E-state index is 13.1. The molecule has 1 atom stereocenters. The molecule has 1 amide bonds. The van der Waals surface area contributed by atoms with Crippen molar-refractivity contribution in [3.8, 4) is 11.3 Å². The summed E-state index contributed by atoms with van der Waals surface area (Å²) in [5, 5.41) is 0. The third-order valence-corrected chi connectivity index (χ3v) is 5.45. The van der Waals surface area contributed by atoms with Gasteiger partial charge in [-0.3, -0.25) is 4.79 Å². The lowest BCUT2D eigenvalue weighted by molar-refractivity contribution is 0.0673. The summed E-state index contributed by atoms with van der Waals surface area (Å²) in [6.45, 7) is 1.30. The zero-order valence-electron chi connectivity index (χ0n) is 15.8. The molecule has 3 heterocycles. The van der Waals surface area contributed by atoms with E-state index in [1.165, 1.54) is 12.1 Å². The summed E-state index contributed by atoms with van der Waals surface area (Å²) < 4.78 is 18.9. The summed E-state index contributed by atoms with van der Waals surface area (Å²) in [6, 6.07) is 17.4. The van der Waals surface area contributed by atoms with Gasteiger partial charge in [0, 0.05) is 24.6 Å². The molecule has 146 valence electrons. The van der Waals surface area contributed by atoms with Crippen LogP contribution in [0.25, 0.3) is 22.4 Å². The fourth-order valence-electron chi connectivity index (χ4n) is 3.93. The Bertz CT molecular complexity index is 1130. The highest BCUT2D eigenvalue weighted by Gasteiger charge is 2.28. The largest absolute Gasteiger partial charge is 0.451 e. The minimum atomic E-state index is -0.304. The van der Waals surface area contributed by atoms with Gasteiger partial charge in [-0.15, -0.1) is 0 Å². The average Bonchev–Trinajstić information content (AvgIpc) is 3.41. The van der Waals surface area contributed by atoms with E-state index >= 15 is 0 Å². The monoisotopic (exact) mass is 389 g/mol. The second kappa shape index (κ2) is 7.20. The van der Waals surface area contributed by atoms with E-state index in [1.54, 1.807) is 24.3 Å². The first kappa shape index (κ1) is 17.7. The fraction of sp³-hybridized carbons (Fsp3) is 0.217. The molecular weight excluding hydrogens is 369 g/mol. The average molecular weight is 389 g/mol. The summed E-state index contributed by atoms with van der Waals surface area (Å²) in [4.78, 5) is 22.9. The number of imidazole rings is 1. The number of furan rings is 1. The van der Waals surface area contributed by atoms with Crippen molar-refractivity contribution in [3.05, 3.63) is 78.1 Å². The zero-order valence-corrected chi connectivity index (χ0v) is 15.8. The van der Waals surface area contributed by atoms with E-state index in [4.69, 9.17) is 9.40 Å². The van der Waals surface area contributed by atoms with Crippen LogP contribution in [0.2, 0.25) is 0 Å². The molecule has 5 rings (SSSR count). The minimum absolute atomic E-state index is 0.126. The molecule has 0 spiro atoms. The molecule has 6 heteroatoms. The van der Waals surface area contributed by atoms with Crippen LogP contribution in [0, 0.1) is 5.82 Å². The van der Waals surface area contributed by atoms with Gasteiger partial charge in [-0.05, 0) is 61.4 Å². The van der Waals surface area contributed by atoms with Gasteiger partial charge >= 0.3 is 0 Å². The molecule has 2 aromatic carbocycles. The number of H-pyrrole nitrogens is 1. The van der Waals surface area contributed by atoms with Crippen molar-refractivity contribution in [3.63, 3.8) is 0 Å². The van der Waals surface area contributed by atoms with Crippen LogP contribution in [0.1, 0.15) is 35.1 Å². The lowest BCUT2D eigenvalue weighted by Gasteiger charge is -2.31. The summed E-state index contributed by atoms with van der Waals surface area (Å²) in [5.74, 6) is 1.52. The molecule has 0 unspecified atom stereocenters. The number of rotatable bonds is 3. The van der Waals surface area contributed by atoms with E-state index in [-0.39, 0.29) is 17.6 Å². The summed E-state index contributed by atoms with van der Waals surface area (Å²) >= 11 is 0. The summed E-state index contributed by atoms with van der Waals surface area (Å²) in [7, 11) is 0. The number of carbonyl (C=O) groups excluding carboxylic acids is 1. The summed E-state index contributed by atoms with van der Waals surface area (Å²) in [6.07, 6.45) is 1.90. The van der Waals surface area contributed by atoms with Gasteiger partial charge in [0.05, 0.1) is 11.0 Å². The number of nitrogens with one attached hydrogen (secondary N) is 1. The number of likely N-dealkylation sites (tertiary alicyclic amines) is 1. The van der Waals surface area contributed by atoms with Crippen molar-refractivity contribution in [1.29, 1.82) is 0 Å². The van der Waals surface area contributed by atoms with E-state index in [2.05, 4.69) is 4.98 Å². The maximum Gasteiger partial charge on any atom is 0.289 e. The molecule has 4 aromatic rings. The molecule has 5 nitrogen and oxygen atoms in total. The number of fused-ring (bicyclic) bond motifs is 1. The van der Waals surface area contributed by atoms with E-state index in [0.29, 0.717) is 24.6 Å². The van der Waals surface area contributed by atoms with Crippen LogP contribution in [0.4, 0.5) is 4.39 Å². The van der Waals surface area contributed by atoms with Crippen molar-refractivity contribution in [2.75, 3.05) is 13.1 Å². The normalized spacial score (nSPS) is 17.0. The predicted octanol–water partition coefficient (Wildman–Crippen LogP) is 4.98. The first-order valence-corrected chi connectivity index (χ1v) is 9.77. The Hall–Kier alpha value is -3.41. The lowest BCUT2D eigenvalue weighted by Crippen LogP contribution is -2.39. The number of piperidine rings is 1. The fourth-order valence-corrected chi connectivity index (χ4v) is 3.93. The molecule has 1 fully saturated rings. The smallest absolute Gasteiger partial charge is 0.289 e. The standard InChI is InChI=1S/C23H20FN3O2/c24-17-9-7-15(8-10-17)20-11-12-21(29-20)23(28)27-13-3-4-16(14-27)22-25-18-5-1-2-6-19(18)26-22/h1-2,5-12,16H,3-4,13-14H2,(H,25,26)/t16-/m0/s1. The molecule has 1 saturated heterocycles. The van der Waals surface area contributed by atoms with E-state index < -0.39 is 0 Å². The Balaban J connectivity index is 1.34. The van der Waals surface area contributed by atoms with Gasteiger partial charge in [-0.1, -0.05) is 12.1 Å². The number of amides is 1. The molecule has 0 bridgehead atoms. The van der Waals surface area contributed by atoms with Gasteiger partial charge in [-0.25, -0.2) is 9.37 Å². The van der Waals surface area contributed by atoms with Crippen LogP contribution in [-0.2, 0) is 0 Å². The zero-order chi connectivity index (χ0) is 19.8. The Morgan fingerprint density at radius 3 is 2.76 bits per heavy atom. The van der Waals surface area contributed by atoms with Gasteiger partial charge in [0.15, 0.2) is 5.76 Å². The van der Waals surface area contributed by atoms with Crippen LogP contribution >= 0.6 is 0 Å². The van der Waals surface area contributed by atoms with Crippen molar-refractivity contribution in [1.82, 2.24) is 14.9 Å². The topological polar surface area (TPSA) is 62.1 Å². The first-order valence-electron chi connectivity index (χ1n) is 9.77. The molecule has 29 heavy (non-hydrogen) atoms. The van der Waals surface area contributed by atoms with Gasteiger partial charge < -0.3 is 14.3 Å². The number of halogens is 1. The Kier molecular flexibility index (Phi) is 4.39. The number of nitrogens with zero attached hydrogens (tertiary/aromatic N) is 2. The number of para-hydroxylation sites is 2. The molecular formula is C23H20FN3O2. The lowest BCUT2D eigenvalue weighted by atomic mass is 9.97. The van der Waals surface area contributed by atoms with Gasteiger partial charge in [-0.2, -0.15) is 0 Å². The molecule has 0 saturated carbocycles. The van der Waals surface area contributed by atoms with Crippen molar-refractivity contribution < 1.29 is 13.6 Å². The van der Waals surface area contributed by atoms with Gasteiger partial charge in [0.1, 0.15) is 17.4 Å². The molecule has 1 N–H and O–H groups in total. The Morgan fingerprint density at radius 2 is 1.93 bits per heavy atom. The highest BCUT2D eigenvalue weighted by atomic mass is 19.1. The molecule has 1 aliphatic rings. The number of hydrogen-bond donors (Lipinski definition) is 1. The summed E-state index contributed by atoms with van der Waals surface area (Å²) in [5.41, 5.74) is 2.70. The quantitative estimate of drug-likeness (QED) is 0.537. The highest BCUT2D eigenvalue weighted by Crippen LogP contribution is 2.29. The van der Waals surface area contributed by atoms with E-state index in [0.717, 1.165) is 35.3 Å². The number of aromatic nitrogens is 2. The third kappa shape index (κ3) is 3.42. The SMILES string of the molecule is O=C(c1ccc(-c2ccc(F)cc2)o1)N1CCC[C@H](c2nc3ccccc3[nH]2)C1. The van der Waals surface area contributed by atoms with Crippen LogP contribution in [-0.4, -0.2) is 33.9 Å². The predicted molar refractivity (Wildman–Crippen MR) is 108 cm³/mol. The minimum Gasteiger partial charge on any atom is -0.451 e. The number of carbonyl (C=O) groups is 1. The van der Waals surface area contributed by atoms with Crippen LogP contribution < -0.4 is 0 Å². The Morgan fingerprint density at radius 1 is 1.10 bits per heavy atom. The number of aromatic amines is 1. The third-order valence-electron chi connectivity index (χ3n) is 5.45. The van der Waals surface area contributed by atoms with Crippen LogP contribution in [0.5, 0.6) is 0 Å². The number of hydrogen-bond acceptors (Lipinski definition) is 3. The maximum absolute atomic E-state index is 13.1. The van der Waals surface area contributed by atoms with Gasteiger partial charge in [0.25, 0.3) is 5.91 Å².